The van der Waals surface area contributed by atoms with Crippen molar-refractivity contribution in [1.29, 1.82) is 0 Å². The molecule has 1 aliphatic rings. The summed E-state index contributed by atoms with van der Waals surface area (Å²) in [7, 11) is 0. The van der Waals surface area contributed by atoms with Gasteiger partial charge in [0.1, 0.15) is 4.88 Å². The number of carbonyl (C=O) groups is 2. The second kappa shape index (κ2) is 9.30. The molecule has 160 valence electrons. The zero-order chi connectivity index (χ0) is 21.8. The van der Waals surface area contributed by atoms with Gasteiger partial charge in [-0.2, -0.15) is 0 Å². The van der Waals surface area contributed by atoms with Crippen LogP contribution < -0.4 is 5.32 Å². The number of amides is 2. The number of likely N-dealkylation sites (tertiary alicyclic amines) is 1. The minimum Gasteiger partial charge on any atom is -0.348 e. The van der Waals surface area contributed by atoms with Crippen LogP contribution in [-0.2, 0) is 6.54 Å². The molecule has 2 amide bonds. The Labute approximate surface area is 184 Å². The average Bonchev–Trinajstić information content (AvgIpc) is 3.23. The van der Waals surface area contributed by atoms with Crippen LogP contribution in [0.2, 0.25) is 0 Å². The molecule has 9 heteroatoms. The summed E-state index contributed by atoms with van der Waals surface area (Å²) >= 11 is 1.12. The van der Waals surface area contributed by atoms with E-state index in [1.165, 1.54) is 0 Å². The number of hydrogen-bond donors (Lipinski definition) is 1. The Hall–Kier alpha value is -3.20. The molecule has 3 heterocycles. The first-order valence-electron chi connectivity index (χ1n) is 10.3. The summed E-state index contributed by atoms with van der Waals surface area (Å²) in [6.45, 7) is 4.67. The Morgan fingerprint density at radius 1 is 1.16 bits per heavy atom. The van der Waals surface area contributed by atoms with E-state index >= 15 is 0 Å². The minimum absolute atomic E-state index is 0.0804. The number of nitrogens with zero attached hydrogens (tertiary/aromatic N) is 5. The highest BCUT2D eigenvalue weighted by molar-refractivity contribution is 7.07. The third kappa shape index (κ3) is 4.61. The molecule has 0 bridgehead atoms. The molecule has 0 radical (unpaired) electrons. The first-order valence-corrected chi connectivity index (χ1v) is 11.1. The lowest BCUT2D eigenvalue weighted by atomic mass is 10.0. The summed E-state index contributed by atoms with van der Waals surface area (Å²) < 4.78 is 3.89. The van der Waals surface area contributed by atoms with Crippen molar-refractivity contribution in [1.82, 2.24) is 29.8 Å². The van der Waals surface area contributed by atoms with Crippen molar-refractivity contribution in [3.05, 3.63) is 69.7 Å². The maximum atomic E-state index is 13.1. The van der Waals surface area contributed by atoms with Gasteiger partial charge in [0.15, 0.2) is 5.82 Å². The van der Waals surface area contributed by atoms with Crippen molar-refractivity contribution in [2.45, 2.75) is 45.7 Å². The summed E-state index contributed by atoms with van der Waals surface area (Å²) in [5.74, 6) is 0.277. The van der Waals surface area contributed by atoms with Crippen molar-refractivity contribution < 1.29 is 9.59 Å². The molecule has 1 fully saturated rings. The first-order chi connectivity index (χ1) is 15.0. The summed E-state index contributed by atoms with van der Waals surface area (Å²) in [6.07, 6.45) is 4.29. The second-order valence-corrected chi connectivity index (χ2v) is 8.35. The molecule has 1 N–H and O–H groups in total. The van der Waals surface area contributed by atoms with E-state index in [2.05, 4.69) is 24.9 Å². The highest BCUT2D eigenvalue weighted by Gasteiger charge is 2.32. The molecular weight excluding hydrogens is 412 g/mol. The molecule has 4 rings (SSSR count). The number of rotatable bonds is 5. The third-order valence-electron chi connectivity index (χ3n) is 5.45. The van der Waals surface area contributed by atoms with Crippen LogP contribution in [0.4, 0.5) is 0 Å². The van der Waals surface area contributed by atoms with Crippen LogP contribution in [0.5, 0.6) is 0 Å². The number of aromatic nitrogens is 4. The molecule has 1 aromatic carbocycles. The van der Waals surface area contributed by atoms with E-state index in [1.54, 1.807) is 20.0 Å². The Kier molecular flexibility index (Phi) is 6.31. The molecule has 0 spiro atoms. The lowest BCUT2D eigenvalue weighted by Crippen LogP contribution is -2.39. The van der Waals surface area contributed by atoms with Crippen LogP contribution in [-0.4, -0.2) is 42.8 Å². The molecule has 1 atom stereocenters. The molecule has 0 saturated carbocycles. The monoisotopic (exact) mass is 436 g/mol. The third-order valence-corrected chi connectivity index (χ3v) is 6.26. The van der Waals surface area contributed by atoms with Gasteiger partial charge in [-0.1, -0.05) is 34.8 Å². The zero-order valence-electron chi connectivity index (χ0n) is 17.5. The van der Waals surface area contributed by atoms with E-state index in [1.807, 2.05) is 35.2 Å². The molecule has 8 nitrogen and oxygen atoms in total. The maximum absolute atomic E-state index is 13.1. The molecule has 0 aliphatic carbocycles. The molecular formula is C22H24N6O2S. The van der Waals surface area contributed by atoms with Gasteiger partial charge in [-0.05, 0) is 50.2 Å². The van der Waals surface area contributed by atoms with Gasteiger partial charge < -0.3 is 10.2 Å². The predicted molar refractivity (Wildman–Crippen MR) is 117 cm³/mol. The van der Waals surface area contributed by atoms with Gasteiger partial charge >= 0.3 is 0 Å². The highest BCUT2D eigenvalue weighted by Crippen LogP contribution is 2.31. The summed E-state index contributed by atoms with van der Waals surface area (Å²) in [4.78, 5) is 37.2. The van der Waals surface area contributed by atoms with E-state index in [-0.39, 0.29) is 17.9 Å². The molecule has 1 saturated heterocycles. The van der Waals surface area contributed by atoms with Crippen LogP contribution in [0.3, 0.4) is 0 Å². The normalized spacial score (nSPS) is 16.2. The number of nitrogens with one attached hydrogen (secondary N) is 1. The Morgan fingerprint density at radius 2 is 1.97 bits per heavy atom. The predicted octanol–water partition coefficient (Wildman–Crippen LogP) is 3.24. The Morgan fingerprint density at radius 3 is 2.68 bits per heavy atom. The minimum atomic E-state index is -0.220. The van der Waals surface area contributed by atoms with Gasteiger partial charge in [0.25, 0.3) is 11.8 Å². The Bertz CT molecular complexity index is 1080. The summed E-state index contributed by atoms with van der Waals surface area (Å²) in [5.41, 5.74) is 2.71. The van der Waals surface area contributed by atoms with Crippen molar-refractivity contribution in [3.63, 3.8) is 0 Å². The van der Waals surface area contributed by atoms with Crippen LogP contribution in [0.25, 0.3) is 0 Å². The molecule has 2 aromatic heterocycles. The molecule has 1 aliphatic heterocycles. The van der Waals surface area contributed by atoms with Crippen LogP contribution >= 0.6 is 11.5 Å². The number of piperidine rings is 1. The fraction of sp³-hybridized carbons (Fsp3) is 0.364. The van der Waals surface area contributed by atoms with E-state index in [4.69, 9.17) is 0 Å². The van der Waals surface area contributed by atoms with Crippen LogP contribution in [0, 0.1) is 13.8 Å². The van der Waals surface area contributed by atoms with Gasteiger partial charge in [-0.25, -0.2) is 9.97 Å². The molecule has 31 heavy (non-hydrogen) atoms. The Balaban J connectivity index is 1.51. The lowest BCUT2D eigenvalue weighted by Gasteiger charge is -2.34. The number of benzene rings is 1. The van der Waals surface area contributed by atoms with E-state index in [9.17, 15) is 9.59 Å². The number of carbonyl (C=O) groups excluding carboxylic acids is 2. The SMILES string of the molecule is Cc1nc([C@@H]2CCCCN2C(=O)c2snnc2C)ncc1C(=O)NCc1ccccc1. The number of hydrogen-bond acceptors (Lipinski definition) is 7. The van der Waals surface area contributed by atoms with Gasteiger partial charge in [-0.3, -0.25) is 9.59 Å². The van der Waals surface area contributed by atoms with Crippen LogP contribution in [0.15, 0.2) is 36.5 Å². The summed E-state index contributed by atoms with van der Waals surface area (Å²) in [5, 5.41) is 6.87. The van der Waals surface area contributed by atoms with Crippen molar-refractivity contribution in [3.8, 4) is 0 Å². The smallest absolute Gasteiger partial charge is 0.268 e. The topological polar surface area (TPSA) is 101 Å². The zero-order valence-corrected chi connectivity index (χ0v) is 18.4. The summed E-state index contributed by atoms with van der Waals surface area (Å²) in [6, 6.07) is 9.51. The second-order valence-electron chi connectivity index (χ2n) is 7.59. The highest BCUT2D eigenvalue weighted by atomic mass is 32.1. The largest absolute Gasteiger partial charge is 0.348 e. The van der Waals surface area contributed by atoms with E-state index in [0.29, 0.717) is 40.7 Å². The van der Waals surface area contributed by atoms with Crippen molar-refractivity contribution >= 4 is 23.3 Å². The van der Waals surface area contributed by atoms with Crippen molar-refractivity contribution in [2.75, 3.05) is 6.54 Å². The van der Waals surface area contributed by atoms with Gasteiger partial charge in [0.05, 0.1) is 23.0 Å². The fourth-order valence-electron chi connectivity index (χ4n) is 3.74. The fourth-order valence-corrected chi connectivity index (χ4v) is 4.36. The van der Waals surface area contributed by atoms with Gasteiger partial charge in [-0.15, -0.1) is 5.10 Å². The maximum Gasteiger partial charge on any atom is 0.268 e. The van der Waals surface area contributed by atoms with Gasteiger partial charge in [0, 0.05) is 19.3 Å². The first kappa shape index (κ1) is 21.0. The standard InChI is InChI=1S/C22H24N6O2S/c1-14-17(21(29)24-12-16-8-4-3-5-9-16)13-23-20(25-14)18-10-6-7-11-28(18)22(30)19-15(2)26-27-31-19/h3-5,8-9,13,18H,6-7,10-12H2,1-2H3,(H,24,29)/t18-/m0/s1. The molecule has 3 aromatic rings. The lowest BCUT2D eigenvalue weighted by molar-refractivity contribution is 0.0603. The van der Waals surface area contributed by atoms with E-state index in [0.717, 1.165) is 36.4 Å². The average molecular weight is 437 g/mol. The molecule has 0 unspecified atom stereocenters. The van der Waals surface area contributed by atoms with Gasteiger partial charge in [0.2, 0.25) is 0 Å². The number of aryl methyl sites for hydroxylation is 2. The quantitative estimate of drug-likeness (QED) is 0.659. The van der Waals surface area contributed by atoms with Crippen molar-refractivity contribution in [2.24, 2.45) is 0 Å². The van der Waals surface area contributed by atoms with Crippen LogP contribution in [0.1, 0.15) is 68.1 Å². The van der Waals surface area contributed by atoms with E-state index < -0.39 is 0 Å².